The van der Waals surface area contributed by atoms with Gasteiger partial charge in [0.15, 0.2) is 0 Å². The zero-order valence-corrected chi connectivity index (χ0v) is 9.79. The summed E-state index contributed by atoms with van der Waals surface area (Å²) in [4.78, 5) is 11.4. The van der Waals surface area contributed by atoms with Crippen molar-refractivity contribution in [3.05, 3.63) is 11.8 Å². The highest BCUT2D eigenvalue weighted by Gasteiger charge is 2.17. The van der Waals surface area contributed by atoms with Gasteiger partial charge in [0.05, 0.1) is 5.69 Å². The molecule has 15 heavy (non-hydrogen) atoms. The number of anilines is 1. The van der Waals surface area contributed by atoms with Crippen molar-refractivity contribution < 1.29 is 9.53 Å². The Bertz CT molecular complexity index is 363. The first kappa shape index (κ1) is 11.6. The van der Waals surface area contributed by atoms with Crippen molar-refractivity contribution in [2.24, 2.45) is 7.05 Å². The Hall–Kier alpha value is -1.52. The van der Waals surface area contributed by atoms with Crippen LogP contribution in [0.15, 0.2) is 6.07 Å². The number of aryl methyl sites for hydroxylation is 2. The van der Waals surface area contributed by atoms with Crippen LogP contribution in [0, 0.1) is 6.92 Å². The van der Waals surface area contributed by atoms with Gasteiger partial charge in [-0.15, -0.1) is 0 Å². The lowest BCUT2D eigenvalue weighted by atomic mass is 10.2. The fourth-order valence-electron chi connectivity index (χ4n) is 1.14. The third kappa shape index (κ3) is 3.61. The number of carbonyl (C=O) groups is 1. The van der Waals surface area contributed by atoms with Gasteiger partial charge in [0.1, 0.15) is 11.4 Å². The van der Waals surface area contributed by atoms with Gasteiger partial charge < -0.3 is 4.74 Å². The molecule has 0 spiro atoms. The van der Waals surface area contributed by atoms with E-state index >= 15 is 0 Å². The van der Waals surface area contributed by atoms with Crippen molar-refractivity contribution in [3.63, 3.8) is 0 Å². The van der Waals surface area contributed by atoms with Gasteiger partial charge in [-0.2, -0.15) is 5.10 Å². The normalized spacial score (nSPS) is 11.3. The molecular formula is C10H17N3O2. The zero-order valence-electron chi connectivity index (χ0n) is 9.79. The van der Waals surface area contributed by atoms with E-state index in [9.17, 15) is 4.79 Å². The molecule has 0 aliphatic carbocycles. The van der Waals surface area contributed by atoms with Crippen molar-refractivity contribution in [2.45, 2.75) is 33.3 Å². The Morgan fingerprint density at radius 3 is 2.53 bits per heavy atom. The largest absolute Gasteiger partial charge is 0.444 e. The van der Waals surface area contributed by atoms with E-state index in [0.29, 0.717) is 5.82 Å². The minimum atomic E-state index is -0.488. The van der Waals surface area contributed by atoms with Crippen LogP contribution < -0.4 is 5.32 Å². The zero-order chi connectivity index (χ0) is 11.6. The molecule has 1 aromatic rings. The summed E-state index contributed by atoms with van der Waals surface area (Å²) < 4.78 is 6.71. The number of hydrogen-bond acceptors (Lipinski definition) is 3. The van der Waals surface area contributed by atoms with Crippen molar-refractivity contribution in [1.29, 1.82) is 0 Å². The SMILES string of the molecule is Cc1cc(NC(=O)OC(C)(C)C)n(C)n1. The molecule has 0 aliphatic rings. The number of carbonyl (C=O) groups excluding carboxylic acids is 1. The van der Waals surface area contributed by atoms with Crippen LogP contribution in [0.1, 0.15) is 26.5 Å². The summed E-state index contributed by atoms with van der Waals surface area (Å²) in [7, 11) is 1.76. The number of aromatic nitrogens is 2. The van der Waals surface area contributed by atoms with Gasteiger partial charge in [0, 0.05) is 13.1 Å². The predicted octanol–water partition coefficient (Wildman–Crippen LogP) is 2.08. The highest BCUT2D eigenvalue weighted by atomic mass is 16.6. The fourth-order valence-corrected chi connectivity index (χ4v) is 1.14. The van der Waals surface area contributed by atoms with E-state index in [4.69, 9.17) is 4.74 Å². The summed E-state index contributed by atoms with van der Waals surface area (Å²) in [5.74, 6) is 0.627. The monoisotopic (exact) mass is 211 g/mol. The maximum Gasteiger partial charge on any atom is 0.413 e. The molecule has 0 saturated carbocycles. The van der Waals surface area contributed by atoms with Crippen LogP contribution >= 0.6 is 0 Å². The fraction of sp³-hybridized carbons (Fsp3) is 0.600. The van der Waals surface area contributed by atoms with Gasteiger partial charge in [-0.25, -0.2) is 4.79 Å². The van der Waals surface area contributed by atoms with E-state index in [1.54, 1.807) is 17.8 Å². The summed E-state index contributed by atoms with van der Waals surface area (Å²) in [6, 6.07) is 1.78. The smallest absolute Gasteiger partial charge is 0.413 e. The molecule has 1 heterocycles. The maximum absolute atomic E-state index is 11.4. The van der Waals surface area contributed by atoms with Crippen molar-refractivity contribution in [3.8, 4) is 0 Å². The van der Waals surface area contributed by atoms with Gasteiger partial charge >= 0.3 is 6.09 Å². The molecule has 0 aliphatic heterocycles. The number of rotatable bonds is 1. The lowest BCUT2D eigenvalue weighted by Gasteiger charge is -2.19. The number of nitrogens with zero attached hydrogens (tertiary/aromatic N) is 2. The summed E-state index contributed by atoms with van der Waals surface area (Å²) in [5, 5.41) is 6.73. The molecule has 1 rings (SSSR count). The minimum Gasteiger partial charge on any atom is -0.444 e. The van der Waals surface area contributed by atoms with E-state index in [0.717, 1.165) is 5.69 Å². The molecule has 1 N–H and O–H groups in total. The van der Waals surface area contributed by atoms with E-state index in [-0.39, 0.29) is 0 Å². The molecule has 0 fully saturated rings. The van der Waals surface area contributed by atoms with Crippen molar-refractivity contribution in [1.82, 2.24) is 9.78 Å². The molecule has 0 bridgehead atoms. The third-order valence-corrected chi connectivity index (χ3v) is 1.63. The topological polar surface area (TPSA) is 56.1 Å². The van der Waals surface area contributed by atoms with Gasteiger partial charge in [-0.3, -0.25) is 10.00 Å². The van der Waals surface area contributed by atoms with Crippen LogP contribution in [0.2, 0.25) is 0 Å². The standard InChI is InChI=1S/C10H17N3O2/c1-7-6-8(13(5)12-7)11-9(14)15-10(2,3)4/h6H,1-5H3,(H,11,14). The van der Waals surface area contributed by atoms with Crippen molar-refractivity contribution in [2.75, 3.05) is 5.32 Å². The minimum absolute atomic E-state index is 0.467. The second-order valence-electron chi connectivity index (χ2n) is 4.42. The first-order valence-corrected chi connectivity index (χ1v) is 4.78. The Labute approximate surface area is 89.4 Å². The molecule has 0 aromatic carbocycles. The van der Waals surface area contributed by atoms with Crippen LogP contribution in [0.25, 0.3) is 0 Å². The molecule has 84 valence electrons. The number of amides is 1. The van der Waals surface area contributed by atoms with Crippen LogP contribution in [0.4, 0.5) is 10.6 Å². The van der Waals surface area contributed by atoms with Crippen molar-refractivity contribution >= 4 is 11.9 Å². The van der Waals surface area contributed by atoms with E-state index in [1.807, 2.05) is 27.7 Å². The molecule has 0 radical (unpaired) electrons. The average Bonchev–Trinajstić information content (AvgIpc) is 2.25. The summed E-state index contributed by atoms with van der Waals surface area (Å²) >= 11 is 0. The molecule has 0 saturated heterocycles. The predicted molar refractivity (Wildman–Crippen MR) is 57.8 cm³/mol. The second-order valence-corrected chi connectivity index (χ2v) is 4.42. The van der Waals surface area contributed by atoms with Gasteiger partial charge in [-0.1, -0.05) is 0 Å². The maximum atomic E-state index is 11.4. The summed E-state index contributed by atoms with van der Waals surface area (Å²) in [6.07, 6.45) is -0.467. The lowest BCUT2D eigenvalue weighted by molar-refractivity contribution is 0.0634. The highest BCUT2D eigenvalue weighted by Crippen LogP contribution is 2.11. The Morgan fingerprint density at radius 1 is 1.53 bits per heavy atom. The first-order valence-electron chi connectivity index (χ1n) is 4.78. The number of hydrogen-bond donors (Lipinski definition) is 1. The summed E-state index contributed by atoms with van der Waals surface area (Å²) in [5.41, 5.74) is 0.362. The molecule has 1 amide bonds. The number of nitrogens with one attached hydrogen (secondary N) is 1. The number of ether oxygens (including phenoxy) is 1. The second kappa shape index (κ2) is 3.92. The van der Waals surface area contributed by atoms with E-state index in [1.165, 1.54) is 0 Å². The Kier molecular flexibility index (Phi) is 3.02. The Balaban J connectivity index is 2.63. The van der Waals surface area contributed by atoms with Crippen LogP contribution in [0.3, 0.4) is 0 Å². The summed E-state index contributed by atoms with van der Waals surface area (Å²) in [6.45, 7) is 7.32. The van der Waals surface area contributed by atoms with Gasteiger partial charge in [0.25, 0.3) is 0 Å². The van der Waals surface area contributed by atoms with E-state index < -0.39 is 11.7 Å². The molecular weight excluding hydrogens is 194 g/mol. The first-order chi connectivity index (χ1) is 6.78. The van der Waals surface area contributed by atoms with Crippen LogP contribution in [0.5, 0.6) is 0 Å². The third-order valence-electron chi connectivity index (χ3n) is 1.63. The molecule has 5 nitrogen and oxygen atoms in total. The average molecular weight is 211 g/mol. The quantitative estimate of drug-likeness (QED) is 0.773. The van der Waals surface area contributed by atoms with Crippen LogP contribution in [-0.2, 0) is 11.8 Å². The molecule has 0 atom stereocenters. The van der Waals surface area contributed by atoms with Crippen LogP contribution in [-0.4, -0.2) is 21.5 Å². The van der Waals surface area contributed by atoms with Gasteiger partial charge in [-0.05, 0) is 27.7 Å². The molecule has 1 aromatic heterocycles. The highest BCUT2D eigenvalue weighted by molar-refractivity contribution is 5.83. The lowest BCUT2D eigenvalue weighted by Crippen LogP contribution is -2.27. The Morgan fingerprint density at radius 2 is 2.13 bits per heavy atom. The van der Waals surface area contributed by atoms with Gasteiger partial charge in [0.2, 0.25) is 0 Å². The molecule has 5 heteroatoms. The molecule has 0 unspecified atom stereocenters. The van der Waals surface area contributed by atoms with E-state index in [2.05, 4.69) is 10.4 Å².